The van der Waals surface area contributed by atoms with Crippen LogP contribution in [0.2, 0.25) is 10.0 Å². The van der Waals surface area contributed by atoms with Gasteiger partial charge in [0.2, 0.25) is 0 Å². The van der Waals surface area contributed by atoms with Gasteiger partial charge in [-0.15, -0.1) is 0 Å². The van der Waals surface area contributed by atoms with E-state index in [-0.39, 0.29) is 17.5 Å². The topological polar surface area (TPSA) is 71.1 Å². The molecule has 0 radical (unpaired) electrons. The molecule has 7 heteroatoms. The minimum Gasteiger partial charge on any atom is -0.351 e. The van der Waals surface area contributed by atoms with Crippen molar-refractivity contribution in [1.29, 1.82) is 0 Å². The predicted molar refractivity (Wildman–Crippen MR) is 91.3 cm³/mol. The lowest BCUT2D eigenvalue weighted by atomic mass is 10.2. The zero-order chi connectivity index (χ0) is 16.8. The van der Waals surface area contributed by atoms with Gasteiger partial charge in [-0.25, -0.2) is 0 Å². The summed E-state index contributed by atoms with van der Waals surface area (Å²) in [5.41, 5.74) is 1.03. The molecule has 0 saturated heterocycles. The van der Waals surface area contributed by atoms with Gasteiger partial charge in [-0.1, -0.05) is 30.1 Å². The van der Waals surface area contributed by atoms with Crippen LogP contribution in [0.25, 0.3) is 0 Å². The summed E-state index contributed by atoms with van der Waals surface area (Å²) in [6.07, 6.45) is 2.24. The number of amides is 2. The fourth-order valence-electron chi connectivity index (χ4n) is 1.80. The van der Waals surface area contributed by atoms with Gasteiger partial charge in [-0.2, -0.15) is 0 Å². The van der Waals surface area contributed by atoms with Gasteiger partial charge in [-0.05, 0) is 36.8 Å². The van der Waals surface area contributed by atoms with Gasteiger partial charge in [0.1, 0.15) is 5.69 Å². The first-order valence-corrected chi connectivity index (χ1v) is 7.77. The van der Waals surface area contributed by atoms with Crippen LogP contribution >= 0.6 is 23.2 Å². The van der Waals surface area contributed by atoms with Gasteiger partial charge in [-0.3, -0.25) is 14.6 Å². The highest BCUT2D eigenvalue weighted by atomic mass is 35.5. The number of rotatable bonds is 5. The van der Waals surface area contributed by atoms with Crippen LogP contribution in [0.15, 0.2) is 36.5 Å². The molecule has 0 bridgehead atoms. The van der Waals surface area contributed by atoms with Crippen molar-refractivity contribution in [3.8, 4) is 0 Å². The van der Waals surface area contributed by atoms with E-state index in [0.717, 1.165) is 6.42 Å². The highest BCUT2D eigenvalue weighted by Crippen LogP contribution is 2.25. The summed E-state index contributed by atoms with van der Waals surface area (Å²) >= 11 is 11.7. The van der Waals surface area contributed by atoms with Gasteiger partial charge in [0, 0.05) is 24.0 Å². The largest absolute Gasteiger partial charge is 0.351 e. The van der Waals surface area contributed by atoms with Crippen LogP contribution < -0.4 is 10.6 Å². The van der Waals surface area contributed by atoms with Crippen molar-refractivity contribution in [2.45, 2.75) is 13.3 Å². The number of halogens is 2. The second kappa shape index (κ2) is 7.94. The van der Waals surface area contributed by atoms with E-state index >= 15 is 0 Å². The molecule has 0 spiro atoms. The third-order valence-corrected chi connectivity index (χ3v) is 3.71. The van der Waals surface area contributed by atoms with Gasteiger partial charge in [0.05, 0.1) is 10.0 Å². The monoisotopic (exact) mass is 351 g/mol. The maximum atomic E-state index is 12.3. The lowest BCUT2D eigenvalue weighted by molar-refractivity contribution is 0.0948. The summed E-state index contributed by atoms with van der Waals surface area (Å²) in [7, 11) is 0. The van der Waals surface area contributed by atoms with E-state index in [0.29, 0.717) is 27.8 Å². The van der Waals surface area contributed by atoms with Crippen molar-refractivity contribution >= 4 is 40.7 Å². The maximum absolute atomic E-state index is 12.3. The Kier molecular flexibility index (Phi) is 5.96. The van der Waals surface area contributed by atoms with Gasteiger partial charge in [0.25, 0.3) is 11.8 Å². The molecule has 1 heterocycles. The Morgan fingerprint density at radius 2 is 1.87 bits per heavy atom. The number of carbonyl (C=O) groups excluding carboxylic acids is 2. The number of nitrogens with zero attached hydrogens (tertiary/aromatic N) is 1. The highest BCUT2D eigenvalue weighted by molar-refractivity contribution is 6.42. The SMILES string of the molecule is CCCNC(=O)c1cc(C(=O)Nc2ccc(Cl)c(Cl)c2)ccn1. The van der Waals surface area contributed by atoms with Crippen LogP contribution in [-0.2, 0) is 0 Å². The molecule has 0 aliphatic rings. The zero-order valence-corrected chi connectivity index (χ0v) is 13.9. The summed E-state index contributed by atoms with van der Waals surface area (Å²) < 4.78 is 0. The van der Waals surface area contributed by atoms with Crippen molar-refractivity contribution in [3.63, 3.8) is 0 Å². The lowest BCUT2D eigenvalue weighted by Crippen LogP contribution is -2.25. The molecular weight excluding hydrogens is 337 g/mol. The zero-order valence-electron chi connectivity index (χ0n) is 12.4. The van der Waals surface area contributed by atoms with Crippen LogP contribution in [-0.4, -0.2) is 23.3 Å². The Labute approximate surface area is 144 Å². The van der Waals surface area contributed by atoms with Crippen LogP contribution in [0.3, 0.4) is 0 Å². The van der Waals surface area contributed by atoms with Crippen molar-refractivity contribution in [2.24, 2.45) is 0 Å². The quantitative estimate of drug-likeness (QED) is 0.860. The van der Waals surface area contributed by atoms with E-state index in [4.69, 9.17) is 23.2 Å². The Balaban J connectivity index is 2.13. The second-order valence-corrected chi connectivity index (χ2v) is 5.58. The first-order valence-electron chi connectivity index (χ1n) is 7.02. The molecule has 0 aliphatic carbocycles. The molecule has 1 aromatic heterocycles. The highest BCUT2D eigenvalue weighted by Gasteiger charge is 2.12. The fraction of sp³-hybridized carbons (Fsp3) is 0.188. The molecule has 0 fully saturated rings. The molecule has 2 aromatic rings. The minimum absolute atomic E-state index is 0.195. The number of nitrogens with one attached hydrogen (secondary N) is 2. The summed E-state index contributed by atoms with van der Waals surface area (Å²) in [5, 5.41) is 6.16. The second-order valence-electron chi connectivity index (χ2n) is 4.77. The van der Waals surface area contributed by atoms with Gasteiger partial charge < -0.3 is 10.6 Å². The number of anilines is 1. The number of benzene rings is 1. The van der Waals surface area contributed by atoms with E-state index < -0.39 is 0 Å². The van der Waals surface area contributed by atoms with Crippen molar-refractivity contribution in [3.05, 3.63) is 57.8 Å². The van der Waals surface area contributed by atoms with Gasteiger partial charge >= 0.3 is 0 Å². The number of carbonyl (C=O) groups is 2. The van der Waals surface area contributed by atoms with E-state index in [1.807, 2.05) is 6.92 Å². The van der Waals surface area contributed by atoms with Crippen LogP contribution in [0, 0.1) is 0 Å². The summed E-state index contributed by atoms with van der Waals surface area (Å²) in [5.74, 6) is -0.675. The molecule has 1 aromatic carbocycles. The molecule has 2 rings (SSSR count). The first-order chi connectivity index (χ1) is 11.0. The smallest absolute Gasteiger partial charge is 0.269 e. The molecule has 2 N–H and O–H groups in total. The molecular formula is C16H15Cl2N3O2. The van der Waals surface area contributed by atoms with E-state index in [9.17, 15) is 9.59 Å². The predicted octanol–water partition coefficient (Wildman–Crippen LogP) is 3.78. The summed E-state index contributed by atoms with van der Waals surface area (Å²) in [6.45, 7) is 2.51. The van der Waals surface area contributed by atoms with E-state index in [1.54, 1.807) is 18.2 Å². The Bertz CT molecular complexity index is 735. The van der Waals surface area contributed by atoms with Gasteiger partial charge in [0.15, 0.2) is 0 Å². The summed E-state index contributed by atoms with van der Waals surface area (Å²) in [4.78, 5) is 28.1. The van der Waals surface area contributed by atoms with Crippen LogP contribution in [0.4, 0.5) is 5.69 Å². The normalized spacial score (nSPS) is 10.2. The molecule has 0 unspecified atom stereocenters. The molecule has 5 nitrogen and oxygen atoms in total. The first kappa shape index (κ1) is 17.2. The van der Waals surface area contributed by atoms with E-state index in [1.165, 1.54) is 18.3 Å². The fourth-order valence-corrected chi connectivity index (χ4v) is 2.10. The summed E-state index contributed by atoms with van der Waals surface area (Å²) in [6, 6.07) is 7.76. The number of aromatic nitrogens is 1. The lowest BCUT2D eigenvalue weighted by Gasteiger charge is -2.08. The third kappa shape index (κ3) is 4.68. The van der Waals surface area contributed by atoms with E-state index in [2.05, 4.69) is 15.6 Å². The molecule has 2 amide bonds. The Morgan fingerprint density at radius 1 is 1.09 bits per heavy atom. The van der Waals surface area contributed by atoms with Crippen molar-refractivity contribution in [2.75, 3.05) is 11.9 Å². The number of hydrogen-bond acceptors (Lipinski definition) is 3. The maximum Gasteiger partial charge on any atom is 0.269 e. The number of hydrogen-bond donors (Lipinski definition) is 2. The van der Waals surface area contributed by atoms with Crippen LogP contribution in [0.5, 0.6) is 0 Å². The molecule has 0 aliphatic heterocycles. The molecule has 0 saturated carbocycles. The molecule has 120 valence electrons. The average molecular weight is 352 g/mol. The van der Waals surface area contributed by atoms with Crippen molar-refractivity contribution in [1.82, 2.24) is 10.3 Å². The van der Waals surface area contributed by atoms with Crippen molar-refractivity contribution < 1.29 is 9.59 Å². The molecule has 0 atom stereocenters. The average Bonchev–Trinajstić information content (AvgIpc) is 2.56. The standard InChI is InChI=1S/C16H15Cl2N3O2/c1-2-6-20-16(23)14-8-10(5-7-19-14)15(22)21-11-3-4-12(17)13(18)9-11/h3-5,7-9H,2,6H2,1H3,(H,20,23)(H,21,22). The number of pyridine rings is 1. The minimum atomic E-state index is -0.365. The molecule has 23 heavy (non-hydrogen) atoms. The van der Waals surface area contributed by atoms with Crippen LogP contribution in [0.1, 0.15) is 34.2 Å². The third-order valence-electron chi connectivity index (χ3n) is 2.97. The Morgan fingerprint density at radius 3 is 2.57 bits per heavy atom. The Hall–Kier alpha value is -2.11.